The van der Waals surface area contributed by atoms with Crippen molar-refractivity contribution in [3.63, 3.8) is 0 Å². The van der Waals surface area contributed by atoms with Crippen LogP contribution in [-0.2, 0) is 6.54 Å². The van der Waals surface area contributed by atoms with Gasteiger partial charge in [0.2, 0.25) is 0 Å². The first-order valence-corrected chi connectivity index (χ1v) is 7.17. The summed E-state index contributed by atoms with van der Waals surface area (Å²) < 4.78 is 12.8. The van der Waals surface area contributed by atoms with Crippen LogP contribution in [0.3, 0.4) is 0 Å². The minimum Gasteiger partial charge on any atom is -0.330 e. The summed E-state index contributed by atoms with van der Waals surface area (Å²) in [7, 11) is 0. The number of hydrogen-bond acceptors (Lipinski definition) is 3. The molecule has 0 bridgehead atoms. The van der Waals surface area contributed by atoms with E-state index in [0.717, 1.165) is 45.7 Å². The van der Waals surface area contributed by atoms with Gasteiger partial charge in [0.05, 0.1) is 0 Å². The van der Waals surface area contributed by atoms with E-state index in [1.807, 2.05) is 12.1 Å². The number of hydrogen-bond donors (Lipinski definition) is 1. The van der Waals surface area contributed by atoms with E-state index in [0.29, 0.717) is 0 Å². The number of benzene rings is 1. The highest BCUT2D eigenvalue weighted by Gasteiger charge is 2.16. The van der Waals surface area contributed by atoms with Crippen molar-refractivity contribution in [2.45, 2.75) is 19.4 Å². The average molecular weight is 265 g/mol. The summed E-state index contributed by atoms with van der Waals surface area (Å²) in [5, 5.41) is 0. The second-order valence-corrected chi connectivity index (χ2v) is 5.24. The first kappa shape index (κ1) is 14.4. The maximum absolute atomic E-state index is 12.8. The van der Waals surface area contributed by atoms with Crippen molar-refractivity contribution in [2.24, 2.45) is 5.73 Å². The zero-order chi connectivity index (χ0) is 13.5. The van der Waals surface area contributed by atoms with Crippen molar-refractivity contribution in [1.82, 2.24) is 9.80 Å². The van der Waals surface area contributed by atoms with Crippen LogP contribution >= 0.6 is 0 Å². The summed E-state index contributed by atoms with van der Waals surface area (Å²) in [5.41, 5.74) is 6.70. The molecule has 106 valence electrons. The molecule has 3 nitrogen and oxygen atoms in total. The highest BCUT2D eigenvalue weighted by atomic mass is 19.1. The zero-order valence-corrected chi connectivity index (χ0v) is 11.5. The maximum atomic E-state index is 12.8. The quantitative estimate of drug-likeness (QED) is 0.794. The Hall–Kier alpha value is -0.970. The van der Waals surface area contributed by atoms with Crippen LogP contribution in [0.15, 0.2) is 24.3 Å². The summed E-state index contributed by atoms with van der Waals surface area (Å²) in [6.07, 6.45) is 2.32. The Morgan fingerprint density at radius 2 is 1.58 bits per heavy atom. The number of halogens is 1. The van der Waals surface area contributed by atoms with Crippen LogP contribution in [-0.4, -0.2) is 49.1 Å². The van der Waals surface area contributed by atoms with Crippen molar-refractivity contribution in [2.75, 3.05) is 39.3 Å². The Morgan fingerprint density at radius 1 is 0.947 bits per heavy atom. The van der Waals surface area contributed by atoms with E-state index in [-0.39, 0.29) is 5.82 Å². The fourth-order valence-electron chi connectivity index (χ4n) is 2.50. The lowest BCUT2D eigenvalue weighted by molar-refractivity contribution is 0.126. The summed E-state index contributed by atoms with van der Waals surface area (Å²) in [6.45, 7) is 7.35. The molecule has 0 amide bonds. The van der Waals surface area contributed by atoms with Gasteiger partial charge in [-0.2, -0.15) is 0 Å². The minimum absolute atomic E-state index is 0.159. The van der Waals surface area contributed by atoms with Crippen LogP contribution in [0.1, 0.15) is 18.4 Å². The SMILES string of the molecule is NCCCCN1CCN(Cc2ccc(F)cc2)CC1. The van der Waals surface area contributed by atoms with Crippen molar-refractivity contribution in [1.29, 1.82) is 0 Å². The van der Waals surface area contributed by atoms with Gasteiger partial charge in [0.25, 0.3) is 0 Å². The predicted molar refractivity (Wildman–Crippen MR) is 76.4 cm³/mol. The minimum atomic E-state index is -0.159. The molecule has 1 saturated heterocycles. The standard InChI is InChI=1S/C15H24FN3/c16-15-5-3-14(4-6-15)13-19-11-9-18(10-12-19)8-2-1-7-17/h3-6H,1-2,7-13,17H2. The molecule has 0 saturated carbocycles. The van der Waals surface area contributed by atoms with Crippen LogP contribution < -0.4 is 5.73 Å². The van der Waals surface area contributed by atoms with E-state index in [1.165, 1.54) is 18.5 Å². The second-order valence-electron chi connectivity index (χ2n) is 5.24. The number of nitrogens with zero attached hydrogens (tertiary/aromatic N) is 2. The molecule has 1 heterocycles. The molecule has 19 heavy (non-hydrogen) atoms. The van der Waals surface area contributed by atoms with E-state index < -0.39 is 0 Å². The fraction of sp³-hybridized carbons (Fsp3) is 0.600. The highest BCUT2D eigenvalue weighted by Crippen LogP contribution is 2.10. The summed E-state index contributed by atoms with van der Waals surface area (Å²) >= 11 is 0. The van der Waals surface area contributed by atoms with Gasteiger partial charge in [0.1, 0.15) is 5.82 Å². The molecular formula is C15H24FN3. The Morgan fingerprint density at radius 3 is 2.21 bits per heavy atom. The molecule has 0 atom stereocenters. The van der Waals surface area contributed by atoms with E-state index in [9.17, 15) is 4.39 Å². The molecule has 0 spiro atoms. The van der Waals surface area contributed by atoms with Crippen molar-refractivity contribution < 1.29 is 4.39 Å². The van der Waals surface area contributed by atoms with Gasteiger partial charge >= 0.3 is 0 Å². The lowest BCUT2D eigenvalue weighted by Crippen LogP contribution is -2.46. The van der Waals surface area contributed by atoms with Gasteiger partial charge in [-0.25, -0.2) is 4.39 Å². The average Bonchev–Trinajstić information content (AvgIpc) is 2.44. The van der Waals surface area contributed by atoms with Gasteiger partial charge in [-0.15, -0.1) is 0 Å². The molecule has 0 aromatic heterocycles. The Kier molecular flexibility index (Phi) is 5.76. The molecular weight excluding hydrogens is 241 g/mol. The van der Waals surface area contributed by atoms with Crippen molar-refractivity contribution in [3.05, 3.63) is 35.6 Å². The van der Waals surface area contributed by atoms with Gasteiger partial charge in [-0.05, 0) is 43.6 Å². The number of nitrogens with two attached hydrogens (primary N) is 1. The normalized spacial score (nSPS) is 17.8. The lowest BCUT2D eigenvalue weighted by atomic mass is 10.2. The monoisotopic (exact) mass is 265 g/mol. The third-order valence-corrected chi connectivity index (χ3v) is 3.71. The summed E-state index contributed by atoms with van der Waals surface area (Å²) in [5.74, 6) is -0.159. The fourth-order valence-corrected chi connectivity index (χ4v) is 2.50. The predicted octanol–water partition coefficient (Wildman–Crippen LogP) is 1.68. The van der Waals surface area contributed by atoms with Crippen LogP contribution in [0.5, 0.6) is 0 Å². The zero-order valence-electron chi connectivity index (χ0n) is 11.5. The third kappa shape index (κ3) is 4.90. The molecule has 2 rings (SSSR count). The highest BCUT2D eigenvalue weighted by molar-refractivity contribution is 5.15. The largest absolute Gasteiger partial charge is 0.330 e. The van der Waals surface area contributed by atoms with Gasteiger partial charge in [-0.1, -0.05) is 12.1 Å². The van der Waals surface area contributed by atoms with Crippen LogP contribution in [0.2, 0.25) is 0 Å². The van der Waals surface area contributed by atoms with Gasteiger partial charge in [0.15, 0.2) is 0 Å². The number of rotatable bonds is 6. The Labute approximate surface area is 115 Å². The van der Waals surface area contributed by atoms with Gasteiger partial charge in [0, 0.05) is 32.7 Å². The number of piperazine rings is 1. The lowest BCUT2D eigenvalue weighted by Gasteiger charge is -2.34. The van der Waals surface area contributed by atoms with Crippen LogP contribution in [0, 0.1) is 5.82 Å². The molecule has 1 aliphatic rings. The third-order valence-electron chi connectivity index (χ3n) is 3.71. The molecule has 1 fully saturated rings. The smallest absolute Gasteiger partial charge is 0.123 e. The summed E-state index contributed by atoms with van der Waals surface area (Å²) in [4.78, 5) is 4.95. The van der Waals surface area contributed by atoms with Crippen molar-refractivity contribution >= 4 is 0 Å². The van der Waals surface area contributed by atoms with E-state index in [4.69, 9.17) is 5.73 Å². The molecule has 1 aliphatic heterocycles. The molecule has 0 unspecified atom stereocenters. The Balaban J connectivity index is 1.69. The molecule has 4 heteroatoms. The van der Waals surface area contributed by atoms with Crippen LogP contribution in [0.4, 0.5) is 4.39 Å². The first-order chi connectivity index (χ1) is 9.28. The van der Waals surface area contributed by atoms with Crippen LogP contribution in [0.25, 0.3) is 0 Å². The maximum Gasteiger partial charge on any atom is 0.123 e. The van der Waals surface area contributed by atoms with E-state index in [2.05, 4.69) is 9.80 Å². The molecule has 1 aromatic rings. The topological polar surface area (TPSA) is 32.5 Å². The molecule has 0 aliphatic carbocycles. The number of unbranched alkanes of at least 4 members (excludes halogenated alkanes) is 1. The van der Waals surface area contributed by atoms with E-state index in [1.54, 1.807) is 12.1 Å². The molecule has 0 radical (unpaired) electrons. The van der Waals surface area contributed by atoms with Gasteiger partial charge in [-0.3, -0.25) is 4.90 Å². The Bertz CT molecular complexity index is 358. The van der Waals surface area contributed by atoms with E-state index >= 15 is 0 Å². The molecule has 2 N–H and O–H groups in total. The first-order valence-electron chi connectivity index (χ1n) is 7.17. The van der Waals surface area contributed by atoms with Crippen molar-refractivity contribution in [3.8, 4) is 0 Å². The summed E-state index contributed by atoms with van der Waals surface area (Å²) in [6, 6.07) is 6.84. The van der Waals surface area contributed by atoms with Gasteiger partial charge < -0.3 is 10.6 Å². The second kappa shape index (κ2) is 7.58. The molecule has 1 aromatic carbocycles.